The number of rotatable bonds is 7. The normalized spacial score (nSPS) is 13.9. The van der Waals surface area contributed by atoms with Crippen LogP contribution in [0.25, 0.3) is 0 Å². The van der Waals surface area contributed by atoms with Gasteiger partial charge >= 0.3 is 12.0 Å². The molecule has 0 aromatic carbocycles. The minimum absolute atomic E-state index is 0.127. The molecule has 5 nitrogen and oxygen atoms in total. The van der Waals surface area contributed by atoms with E-state index in [1.165, 1.54) is 6.92 Å². The Morgan fingerprint density at radius 3 is 2.29 bits per heavy atom. The molecule has 2 amide bonds. The third-order valence-corrected chi connectivity index (χ3v) is 2.85. The molecule has 2 atom stereocenters. The molecular weight excluding hydrogens is 220 g/mol. The molecule has 17 heavy (non-hydrogen) atoms. The first-order valence-electron chi connectivity index (χ1n) is 6.23. The van der Waals surface area contributed by atoms with Gasteiger partial charge in [0.1, 0.15) is 6.04 Å². The van der Waals surface area contributed by atoms with Gasteiger partial charge in [-0.3, -0.25) is 4.79 Å². The van der Waals surface area contributed by atoms with Crippen molar-refractivity contribution in [2.75, 3.05) is 6.54 Å². The van der Waals surface area contributed by atoms with Gasteiger partial charge in [0.25, 0.3) is 0 Å². The number of amides is 2. The summed E-state index contributed by atoms with van der Waals surface area (Å²) in [4.78, 5) is 24.3. The van der Waals surface area contributed by atoms with Crippen LogP contribution in [0.4, 0.5) is 4.79 Å². The van der Waals surface area contributed by atoms with Crippen molar-refractivity contribution in [2.24, 2.45) is 0 Å². The molecule has 0 fully saturated rings. The molecule has 0 saturated heterocycles. The summed E-state index contributed by atoms with van der Waals surface area (Å²) in [6.45, 7) is 8.18. The number of carboxylic acid groups (broad SMARTS) is 1. The van der Waals surface area contributed by atoms with E-state index in [0.717, 1.165) is 19.3 Å². The van der Waals surface area contributed by atoms with Crippen LogP contribution in [0.3, 0.4) is 0 Å². The summed E-state index contributed by atoms with van der Waals surface area (Å²) in [5, 5.41) is 11.2. The molecule has 0 aliphatic heterocycles. The van der Waals surface area contributed by atoms with E-state index in [-0.39, 0.29) is 12.1 Å². The van der Waals surface area contributed by atoms with Gasteiger partial charge in [0.2, 0.25) is 0 Å². The smallest absolute Gasteiger partial charge is 0.325 e. The lowest BCUT2D eigenvalue weighted by atomic mass is 10.2. The molecule has 0 aromatic rings. The molecule has 0 radical (unpaired) electrons. The minimum Gasteiger partial charge on any atom is -0.480 e. The first-order chi connectivity index (χ1) is 7.93. The first-order valence-corrected chi connectivity index (χ1v) is 6.23. The molecule has 0 bridgehead atoms. The Hall–Kier alpha value is -1.26. The van der Waals surface area contributed by atoms with Crippen molar-refractivity contribution in [1.29, 1.82) is 0 Å². The van der Waals surface area contributed by atoms with Crippen molar-refractivity contribution in [3.05, 3.63) is 0 Å². The summed E-state index contributed by atoms with van der Waals surface area (Å²) in [6.07, 6.45) is 2.80. The quantitative estimate of drug-likeness (QED) is 0.720. The highest BCUT2D eigenvalue weighted by Gasteiger charge is 2.21. The number of hydrogen-bond acceptors (Lipinski definition) is 2. The number of carboxylic acids is 1. The second-order valence-electron chi connectivity index (χ2n) is 4.31. The monoisotopic (exact) mass is 244 g/mol. The van der Waals surface area contributed by atoms with Crippen molar-refractivity contribution in [3.8, 4) is 0 Å². The van der Waals surface area contributed by atoms with Crippen LogP contribution in [0.15, 0.2) is 0 Å². The summed E-state index contributed by atoms with van der Waals surface area (Å²) in [5.41, 5.74) is 0. The Labute approximate surface area is 103 Å². The molecule has 2 unspecified atom stereocenters. The van der Waals surface area contributed by atoms with E-state index in [1.807, 2.05) is 13.8 Å². The van der Waals surface area contributed by atoms with E-state index in [2.05, 4.69) is 12.2 Å². The molecule has 0 heterocycles. The standard InChI is InChI=1S/C12H24N2O3/c1-5-7-8-14(9(3)6-2)12(17)13-10(4)11(15)16/h9-10H,5-8H2,1-4H3,(H,13,17)(H,15,16). The Balaban J connectivity index is 4.46. The van der Waals surface area contributed by atoms with E-state index in [9.17, 15) is 9.59 Å². The lowest BCUT2D eigenvalue weighted by molar-refractivity contribution is -0.138. The highest BCUT2D eigenvalue weighted by Crippen LogP contribution is 2.06. The van der Waals surface area contributed by atoms with Gasteiger partial charge in [0, 0.05) is 12.6 Å². The van der Waals surface area contributed by atoms with Crippen LogP contribution in [-0.4, -0.2) is 40.6 Å². The van der Waals surface area contributed by atoms with Gasteiger partial charge in [-0.25, -0.2) is 4.79 Å². The van der Waals surface area contributed by atoms with Gasteiger partial charge in [-0.1, -0.05) is 20.3 Å². The van der Waals surface area contributed by atoms with E-state index in [4.69, 9.17) is 5.11 Å². The fourth-order valence-corrected chi connectivity index (χ4v) is 1.40. The Kier molecular flexibility index (Phi) is 7.34. The van der Waals surface area contributed by atoms with Crippen molar-refractivity contribution < 1.29 is 14.7 Å². The van der Waals surface area contributed by atoms with E-state index >= 15 is 0 Å². The predicted molar refractivity (Wildman–Crippen MR) is 67.0 cm³/mol. The lowest BCUT2D eigenvalue weighted by Crippen LogP contribution is -2.50. The molecule has 0 spiro atoms. The molecular formula is C12H24N2O3. The molecule has 0 saturated carbocycles. The number of nitrogens with zero attached hydrogens (tertiary/aromatic N) is 1. The van der Waals surface area contributed by atoms with Crippen LogP contribution in [0.5, 0.6) is 0 Å². The number of nitrogens with one attached hydrogen (secondary N) is 1. The van der Waals surface area contributed by atoms with Crippen LogP contribution in [0.2, 0.25) is 0 Å². The largest absolute Gasteiger partial charge is 0.480 e. The molecule has 2 N–H and O–H groups in total. The van der Waals surface area contributed by atoms with Crippen molar-refractivity contribution in [2.45, 2.75) is 59.0 Å². The summed E-state index contributed by atoms with van der Waals surface area (Å²) < 4.78 is 0. The average Bonchev–Trinajstić information content (AvgIpc) is 2.28. The zero-order chi connectivity index (χ0) is 13.4. The number of hydrogen-bond donors (Lipinski definition) is 2. The zero-order valence-corrected chi connectivity index (χ0v) is 11.2. The maximum atomic E-state index is 11.9. The van der Waals surface area contributed by atoms with E-state index in [1.54, 1.807) is 4.90 Å². The number of urea groups is 1. The van der Waals surface area contributed by atoms with E-state index in [0.29, 0.717) is 6.54 Å². The van der Waals surface area contributed by atoms with Gasteiger partial charge in [-0.2, -0.15) is 0 Å². The maximum Gasteiger partial charge on any atom is 0.325 e. The summed E-state index contributed by atoms with van der Waals surface area (Å²) in [6, 6.07) is -1.01. The van der Waals surface area contributed by atoms with Gasteiger partial charge in [-0.05, 0) is 26.7 Å². The molecule has 0 aromatic heterocycles. The van der Waals surface area contributed by atoms with Crippen molar-refractivity contribution >= 4 is 12.0 Å². The number of aliphatic carboxylic acids is 1. The fraction of sp³-hybridized carbons (Fsp3) is 0.833. The maximum absolute atomic E-state index is 11.9. The SMILES string of the molecule is CCCCN(C(=O)NC(C)C(=O)O)C(C)CC. The fourth-order valence-electron chi connectivity index (χ4n) is 1.40. The van der Waals surface area contributed by atoms with Gasteiger partial charge in [0.15, 0.2) is 0 Å². The van der Waals surface area contributed by atoms with Gasteiger partial charge in [-0.15, -0.1) is 0 Å². The summed E-state index contributed by atoms with van der Waals surface area (Å²) >= 11 is 0. The predicted octanol–water partition coefficient (Wildman–Crippen LogP) is 2.07. The van der Waals surface area contributed by atoms with Gasteiger partial charge in [0.05, 0.1) is 0 Å². The Morgan fingerprint density at radius 2 is 1.88 bits per heavy atom. The van der Waals surface area contributed by atoms with E-state index < -0.39 is 12.0 Å². The number of carbonyl (C=O) groups is 2. The second kappa shape index (κ2) is 7.92. The highest BCUT2D eigenvalue weighted by molar-refractivity contribution is 5.82. The molecule has 100 valence electrons. The Bertz CT molecular complexity index is 256. The zero-order valence-electron chi connectivity index (χ0n) is 11.2. The van der Waals surface area contributed by atoms with Gasteiger partial charge < -0.3 is 15.3 Å². The molecule has 5 heteroatoms. The van der Waals surface area contributed by atoms with Crippen molar-refractivity contribution in [1.82, 2.24) is 10.2 Å². The van der Waals surface area contributed by atoms with Crippen LogP contribution < -0.4 is 5.32 Å². The third-order valence-electron chi connectivity index (χ3n) is 2.85. The van der Waals surface area contributed by atoms with Crippen LogP contribution >= 0.6 is 0 Å². The molecule has 0 aliphatic carbocycles. The second-order valence-corrected chi connectivity index (χ2v) is 4.31. The Morgan fingerprint density at radius 1 is 1.29 bits per heavy atom. The topological polar surface area (TPSA) is 69.6 Å². The molecule has 0 aliphatic rings. The van der Waals surface area contributed by atoms with Crippen LogP contribution in [-0.2, 0) is 4.79 Å². The minimum atomic E-state index is -1.02. The summed E-state index contributed by atoms with van der Waals surface area (Å²) in [5.74, 6) is -1.02. The number of unbranched alkanes of at least 4 members (excludes halogenated alkanes) is 1. The first kappa shape index (κ1) is 15.7. The number of carbonyl (C=O) groups excluding carboxylic acids is 1. The van der Waals surface area contributed by atoms with Crippen molar-refractivity contribution in [3.63, 3.8) is 0 Å². The van der Waals surface area contributed by atoms with Crippen LogP contribution in [0, 0.1) is 0 Å². The highest BCUT2D eigenvalue weighted by atomic mass is 16.4. The molecule has 0 rings (SSSR count). The van der Waals surface area contributed by atoms with Crippen LogP contribution in [0.1, 0.15) is 47.0 Å². The summed E-state index contributed by atoms with van der Waals surface area (Å²) in [7, 11) is 0. The average molecular weight is 244 g/mol. The third kappa shape index (κ3) is 5.56. The lowest BCUT2D eigenvalue weighted by Gasteiger charge is -2.29.